The van der Waals surface area contributed by atoms with Gasteiger partial charge in [-0.3, -0.25) is 4.90 Å². The molecule has 2 heterocycles. The number of ether oxygens (including phenoxy) is 2. The zero-order valence-electron chi connectivity index (χ0n) is 12.4. The van der Waals surface area contributed by atoms with Gasteiger partial charge in [-0.05, 0) is 30.7 Å². The molecule has 1 atom stereocenters. The van der Waals surface area contributed by atoms with Crippen molar-refractivity contribution < 1.29 is 14.6 Å². The van der Waals surface area contributed by atoms with Gasteiger partial charge < -0.3 is 19.9 Å². The fourth-order valence-electron chi connectivity index (χ4n) is 3.00. The van der Waals surface area contributed by atoms with Gasteiger partial charge in [0.25, 0.3) is 0 Å². The van der Waals surface area contributed by atoms with E-state index in [-0.39, 0.29) is 12.6 Å². The van der Waals surface area contributed by atoms with E-state index in [1.807, 2.05) is 18.2 Å². The molecule has 0 amide bonds. The van der Waals surface area contributed by atoms with E-state index >= 15 is 0 Å². The molecule has 2 aliphatic heterocycles. The molecule has 2 aliphatic rings. The smallest absolute Gasteiger partial charge is 0.161 e. The van der Waals surface area contributed by atoms with Gasteiger partial charge in [0.15, 0.2) is 11.5 Å². The van der Waals surface area contributed by atoms with Crippen molar-refractivity contribution in [2.75, 3.05) is 46.0 Å². The van der Waals surface area contributed by atoms with Crippen LogP contribution in [0.15, 0.2) is 18.2 Å². The maximum absolute atomic E-state index is 9.85. The summed E-state index contributed by atoms with van der Waals surface area (Å²) in [6.45, 7) is 5.50. The second-order valence-electron chi connectivity index (χ2n) is 5.59. The maximum atomic E-state index is 9.85. The fraction of sp³-hybridized carbons (Fsp3) is 0.625. The SMILES string of the molecule is OCC(c1ccc2c(c1)OCCCO2)N1CCCNCC1. The van der Waals surface area contributed by atoms with Crippen LogP contribution in [0.5, 0.6) is 11.5 Å². The summed E-state index contributed by atoms with van der Waals surface area (Å²) in [6.07, 6.45) is 2.02. The summed E-state index contributed by atoms with van der Waals surface area (Å²) in [5.74, 6) is 1.61. The first kappa shape index (κ1) is 14.6. The molecule has 1 unspecified atom stereocenters. The molecule has 0 aromatic heterocycles. The Labute approximate surface area is 125 Å². The van der Waals surface area contributed by atoms with Crippen molar-refractivity contribution >= 4 is 0 Å². The third-order valence-corrected chi connectivity index (χ3v) is 4.14. The van der Waals surface area contributed by atoms with Crippen molar-refractivity contribution in [3.05, 3.63) is 23.8 Å². The predicted molar refractivity (Wildman–Crippen MR) is 80.9 cm³/mol. The Hall–Kier alpha value is -1.30. The summed E-state index contributed by atoms with van der Waals surface area (Å²) in [7, 11) is 0. The van der Waals surface area contributed by atoms with E-state index in [0.29, 0.717) is 13.2 Å². The van der Waals surface area contributed by atoms with Crippen molar-refractivity contribution in [3.8, 4) is 11.5 Å². The number of aliphatic hydroxyl groups excluding tert-OH is 1. The summed E-state index contributed by atoms with van der Waals surface area (Å²) in [4.78, 5) is 2.35. The molecule has 5 heteroatoms. The maximum Gasteiger partial charge on any atom is 0.161 e. The highest BCUT2D eigenvalue weighted by Crippen LogP contribution is 2.33. The van der Waals surface area contributed by atoms with E-state index in [1.165, 1.54) is 0 Å². The Bertz CT molecular complexity index is 459. The Kier molecular flexibility index (Phi) is 4.95. The van der Waals surface area contributed by atoms with Gasteiger partial charge >= 0.3 is 0 Å². The van der Waals surface area contributed by atoms with Crippen molar-refractivity contribution in [3.63, 3.8) is 0 Å². The van der Waals surface area contributed by atoms with Crippen LogP contribution in [0.1, 0.15) is 24.4 Å². The van der Waals surface area contributed by atoms with Crippen LogP contribution in [0.4, 0.5) is 0 Å². The molecule has 5 nitrogen and oxygen atoms in total. The van der Waals surface area contributed by atoms with Gasteiger partial charge in [0.1, 0.15) is 0 Å². The van der Waals surface area contributed by atoms with Crippen LogP contribution in [0, 0.1) is 0 Å². The van der Waals surface area contributed by atoms with E-state index in [4.69, 9.17) is 9.47 Å². The molecule has 0 saturated carbocycles. The van der Waals surface area contributed by atoms with Crippen molar-refractivity contribution in [1.82, 2.24) is 10.2 Å². The normalized spacial score (nSPS) is 21.4. The van der Waals surface area contributed by atoms with E-state index < -0.39 is 0 Å². The first-order valence-corrected chi connectivity index (χ1v) is 7.83. The van der Waals surface area contributed by atoms with Crippen molar-refractivity contribution in [2.45, 2.75) is 18.9 Å². The summed E-state index contributed by atoms with van der Waals surface area (Å²) >= 11 is 0. The lowest BCUT2D eigenvalue weighted by Gasteiger charge is -2.29. The monoisotopic (exact) mass is 292 g/mol. The molecular formula is C16H24N2O3. The Morgan fingerprint density at radius 1 is 1.10 bits per heavy atom. The third kappa shape index (κ3) is 3.48. The van der Waals surface area contributed by atoms with Gasteiger partial charge in [0.05, 0.1) is 25.9 Å². The van der Waals surface area contributed by atoms with E-state index in [9.17, 15) is 5.11 Å². The number of fused-ring (bicyclic) bond motifs is 1. The lowest BCUT2D eigenvalue weighted by molar-refractivity contribution is 0.129. The van der Waals surface area contributed by atoms with Gasteiger partial charge in [-0.25, -0.2) is 0 Å². The second-order valence-corrected chi connectivity index (χ2v) is 5.59. The number of aliphatic hydroxyl groups is 1. The zero-order valence-corrected chi connectivity index (χ0v) is 12.4. The lowest BCUT2D eigenvalue weighted by Crippen LogP contribution is -2.34. The average Bonchev–Trinajstić information content (AvgIpc) is 2.90. The largest absolute Gasteiger partial charge is 0.490 e. The van der Waals surface area contributed by atoms with Gasteiger partial charge in [0.2, 0.25) is 0 Å². The molecule has 1 fully saturated rings. The van der Waals surface area contributed by atoms with Crippen LogP contribution in [0.3, 0.4) is 0 Å². The second kappa shape index (κ2) is 7.11. The Balaban J connectivity index is 1.81. The molecule has 2 N–H and O–H groups in total. The van der Waals surface area contributed by atoms with Crippen LogP contribution >= 0.6 is 0 Å². The number of nitrogens with one attached hydrogen (secondary N) is 1. The lowest BCUT2D eigenvalue weighted by atomic mass is 10.0. The minimum absolute atomic E-state index is 0.0297. The molecule has 0 bridgehead atoms. The highest BCUT2D eigenvalue weighted by Gasteiger charge is 2.22. The zero-order chi connectivity index (χ0) is 14.5. The molecule has 1 aromatic rings. The van der Waals surface area contributed by atoms with Crippen LogP contribution in [0.25, 0.3) is 0 Å². The Morgan fingerprint density at radius 2 is 1.95 bits per heavy atom. The quantitative estimate of drug-likeness (QED) is 0.876. The molecular weight excluding hydrogens is 268 g/mol. The van der Waals surface area contributed by atoms with Gasteiger partial charge in [-0.2, -0.15) is 0 Å². The molecule has 0 spiro atoms. The molecule has 21 heavy (non-hydrogen) atoms. The minimum Gasteiger partial charge on any atom is -0.490 e. The molecule has 3 rings (SSSR count). The topological polar surface area (TPSA) is 54.0 Å². The predicted octanol–water partition coefficient (Wildman–Crippen LogP) is 1.18. The van der Waals surface area contributed by atoms with Crippen LogP contribution in [-0.2, 0) is 0 Å². The van der Waals surface area contributed by atoms with E-state index in [2.05, 4.69) is 10.2 Å². The summed E-state index contributed by atoms with van der Waals surface area (Å²) < 4.78 is 11.4. The summed E-state index contributed by atoms with van der Waals surface area (Å²) in [6, 6.07) is 6.07. The van der Waals surface area contributed by atoms with E-state index in [1.54, 1.807) is 0 Å². The number of hydrogen-bond donors (Lipinski definition) is 2. The fourth-order valence-corrected chi connectivity index (χ4v) is 3.00. The average molecular weight is 292 g/mol. The Morgan fingerprint density at radius 3 is 2.81 bits per heavy atom. The van der Waals surface area contributed by atoms with Crippen LogP contribution < -0.4 is 14.8 Å². The molecule has 1 aromatic carbocycles. The summed E-state index contributed by atoms with van der Waals surface area (Å²) in [5, 5.41) is 13.2. The first-order chi connectivity index (χ1) is 10.4. The molecule has 116 valence electrons. The van der Waals surface area contributed by atoms with Gasteiger partial charge in [0, 0.05) is 26.1 Å². The molecule has 1 saturated heterocycles. The minimum atomic E-state index is 0.0297. The first-order valence-electron chi connectivity index (χ1n) is 7.83. The highest BCUT2D eigenvalue weighted by atomic mass is 16.5. The molecule has 0 aliphatic carbocycles. The number of hydrogen-bond acceptors (Lipinski definition) is 5. The van der Waals surface area contributed by atoms with Crippen molar-refractivity contribution in [2.24, 2.45) is 0 Å². The highest BCUT2D eigenvalue weighted by molar-refractivity contribution is 5.44. The van der Waals surface area contributed by atoms with Gasteiger partial charge in [-0.15, -0.1) is 0 Å². The number of benzene rings is 1. The van der Waals surface area contributed by atoms with Crippen molar-refractivity contribution in [1.29, 1.82) is 0 Å². The van der Waals surface area contributed by atoms with E-state index in [0.717, 1.165) is 56.1 Å². The number of rotatable bonds is 3. The standard InChI is InChI=1S/C16H24N2O3/c19-12-14(18-7-1-5-17-6-8-18)13-3-4-15-16(11-13)21-10-2-9-20-15/h3-4,11,14,17,19H,1-2,5-10,12H2. The molecule has 0 radical (unpaired) electrons. The van der Waals surface area contributed by atoms with Crippen LogP contribution in [0.2, 0.25) is 0 Å². The third-order valence-electron chi connectivity index (χ3n) is 4.14. The summed E-state index contributed by atoms with van der Waals surface area (Å²) in [5.41, 5.74) is 1.10. The van der Waals surface area contributed by atoms with Crippen LogP contribution in [-0.4, -0.2) is 56.0 Å². The number of nitrogens with zero attached hydrogens (tertiary/aromatic N) is 1. The van der Waals surface area contributed by atoms with Gasteiger partial charge in [-0.1, -0.05) is 6.07 Å².